The van der Waals surface area contributed by atoms with Gasteiger partial charge in [0.15, 0.2) is 0 Å². The van der Waals surface area contributed by atoms with E-state index in [2.05, 4.69) is 6.07 Å². The molecule has 0 bridgehead atoms. The standard InChI is InChI=1S/C18H14ClNO3/c19-13-5-6-15-16(8-13)18(22)20(17(15)21)9-14-7-11-3-1-2-4-12(11)10-23-14/h1-6,8,14H,7,9-10H2. The summed E-state index contributed by atoms with van der Waals surface area (Å²) in [6.07, 6.45) is 0.521. The van der Waals surface area contributed by atoms with Crippen molar-refractivity contribution in [3.63, 3.8) is 0 Å². The molecule has 2 aliphatic heterocycles. The van der Waals surface area contributed by atoms with Crippen molar-refractivity contribution in [3.8, 4) is 0 Å². The van der Waals surface area contributed by atoms with Crippen molar-refractivity contribution in [2.24, 2.45) is 0 Å². The zero-order valence-corrected chi connectivity index (χ0v) is 13.0. The zero-order valence-electron chi connectivity index (χ0n) is 12.3. The van der Waals surface area contributed by atoms with Crippen LogP contribution in [-0.2, 0) is 17.8 Å². The predicted molar refractivity (Wildman–Crippen MR) is 85.5 cm³/mol. The number of hydrogen-bond donors (Lipinski definition) is 0. The molecule has 23 heavy (non-hydrogen) atoms. The summed E-state index contributed by atoms with van der Waals surface area (Å²) in [7, 11) is 0. The number of fused-ring (bicyclic) bond motifs is 2. The Kier molecular flexibility index (Phi) is 3.43. The molecule has 116 valence electrons. The van der Waals surface area contributed by atoms with Gasteiger partial charge < -0.3 is 4.74 Å². The summed E-state index contributed by atoms with van der Waals surface area (Å²) in [4.78, 5) is 26.2. The SMILES string of the molecule is O=C1c2ccc(Cl)cc2C(=O)N1CC1Cc2ccccc2CO1. The van der Waals surface area contributed by atoms with Gasteiger partial charge in [-0.3, -0.25) is 14.5 Å². The lowest BCUT2D eigenvalue weighted by Crippen LogP contribution is -2.40. The van der Waals surface area contributed by atoms with Gasteiger partial charge in [-0.1, -0.05) is 35.9 Å². The van der Waals surface area contributed by atoms with Gasteiger partial charge in [-0.05, 0) is 29.3 Å². The van der Waals surface area contributed by atoms with Crippen molar-refractivity contribution in [2.45, 2.75) is 19.1 Å². The number of rotatable bonds is 2. The molecule has 2 aromatic rings. The van der Waals surface area contributed by atoms with E-state index in [-0.39, 0.29) is 24.5 Å². The van der Waals surface area contributed by atoms with Gasteiger partial charge in [-0.15, -0.1) is 0 Å². The topological polar surface area (TPSA) is 46.6 Å². The highest BCUT2D eigenvalue weighted by Crippen LogP contribution is 2.28. The van der Waals surface area contributed by atoms with Crippen LogP contribution in [0.15, 0.2) is 42.5 Å². The van der Waals surface area contributed by atoms with Crippen molar-refractivity contribution in [1.82, 2.24) is 4.90 Å². The van der Waals surface area contributed by atoms with Crippen LogP contribution >= 0.6 is 11.6 Å². The number of amides is 2. The van der Waals surface area contributed by atoms with Gasteiger partial charge in [-0.2, -0.15) is 0 Å². The Labute approximate surface area is 138 Å². The molecule has 5 heteroatoms. The molecule has 0 fully saturated rings. The van der Waals surface area contributed by atoms with E-state index >= 15 is 0 Å². The molecule has 2 aromatic carbocycles. The second kappa shape index (κ2) is 5.48. The van der Waals surface area contributed by atoms with Gasteiger partial charge in [-0.25, -0.2) is 0 Å². The predicted octanol–water partition coefficient (Wildman–Crippen LogP) is 3.08. The maximum Gasteiger partial charge on any atom is 0.261 e. The number of imide groups is 1. The van der Waals surface area contributed by atoms with Crippen LogP contribution in [-0.4, -0.2) is 29.4 Å². The molecule has 1 atom stereocenters. The van der Waals surface area contributed by atoms with Crippen molar-refractivity contribution in [3.05, 3.63) is 69.7 Å². The van der Waals surface area contributed by atoms with Crippen LogP contribution in [0, 0.1) is 0 Å². The van der Waals surface area contributed by atoms with Gasteiger partial charge in [0.2, 0.25) is 0 Å². The van der Waals surface area contributed by atoms with E-state index in [1.807, 2.05) is 18.2 Å². The quantitative estimate of drug-likeness (QED) is 0.796. The van der Waals surface area contributed by atoms with Crippen molar-refractivity contribution in [2.75, 3.05) is 6.54 Å². The number of carbonyl (C=O) groups excluding carboxylic acids is 2. The van der Waals surface area contributed by atoms with E-state index in [0.717, 1.165) is 5.56 Å². The zero-order chi connectivity index (χ0) is 16.0. The number of nitrogens with zero attached hydrogens (tertiary/aromatic N) is 1. The van der Waals surface area contributed by atoms with Crippen molar-refractivity contribution < 1.29 is 14.3 Å². The summed E-state index contributed by atoms with van der Waals surface area (Å²) >= 11 is 5.93. The molecule has 0 saturated heterocycles. The third-order valence-corrected chi connectivity index (χ3v) is 4.59. The third kappa shape index (κ3) is 2.44. The van der Waals surface area contributed by atoms with Crippen LogP contribution in [0.2, 0.25) is 5.02 Å². The molecular formula is C18H14ClNO3. The Hall–Kier alpha value is -2.17. The molecule has 2 aliphatic rings. The largest absolute Gasteiger partial charge is 0.371 e. The molecule has 0 N–H and O–H groups in total. The first kappa shape index (κ1) is 14.4. The normalized spacial score (nSPS) is 19.7. The first-order valence-electron chi connectivity index (χ1n) is 7.47. The van der Waals surface area contributed by atoms with Crippen LogP contribution in [0.1, 0.15) is 31.8 Å². The molecule has 4 rings (SSSR count). The second-order valence-corrected chi connectivity index (χ2v) is 6.25. The Morgan fingerprint density at radius 1 is 1.04 bits per heavy atom. The summed E-state index contributed by atoms with van der Waals surface area (Å²) < 4.78 is 5.81. The van der Waals surface area contributed by atoms with E-state index in [4.69, 9.17) is 16.3 Å². The summed E-state index contributed by atoms with van der Waals surface area (Å²) in [5, 5.41) is 0.453. The minimum Gasteiger partial charge on any atom is -0.371 e. The van der Waals surface area contributed by atoms with Crippen LogP contribution in [0.25, 0.3) is 0 Å². The van der Waals surface area contributed by atoms with Gasteiger partial charge in [0.05, 0.1) is 30.4 Å². The minimum absolute atomic E-state index is 0.178. The van der Waals surface area contributed by atoms with E-state index < -0.39 is 0 Å². The van der Waals surface area contributed by atoms with E-state index in [0.29, 0.717) is 29.2 Å². The highest BCUT2D eigenvalue weighted by molar-refractivity contribution is 6.32. The number of halogens is 1. The number of carbonyl (C=O) groups is 2. The highest BCUT2D eigenvalue weighted by Gasteiger charge is 2.37. The second-order valence-electron chi connectivity index (χ2n) is 5.82. The summed E-state index contributed by atoms with van der Waals surface area (Å²) in [6, 6.07) is 12.9. The van der Waals surface area contributed by atoms with Gasteiger partial charge in [0.25, 0.3) is 11.8 Å². The third-order valence-electron chi connectivity index (χ3n) is 4.36. The average Bonchev–Trinajstić information content (AvgIpc) is 2.79. The minimum atomic E-state index is -0.296. The van der Waals surface area contributed by atoms with Crippen LogP contribution in [0.5, 0.6) is 0 Å². The lowest BCUT2D eigenvalue weighted by Gasteiger charge is -2.28. The molecule has 1 unspecified atom stereocenters. The summed E-state index contributed by atoms with van der Waals surface area (Å²) in [6.45, 7) is 0.772. The number of hydrogen-bond acceptors (Lipinski definition) is 3. The van der Waals surface area contributed by atoms with Crippen molar-refractivity contribution in [1.29, 1.82) is 0 Å². The fourth-order valence-electron chi connectivity index (χ4n) is 3.16. The first-order chi connectivity index (χ1) is 11.1. The molecule has 0 radical (unpaired) electrons. The molecule has 2 heterocycles. The maximum atomic E-state index is 12.5. The highest BCUT2D eigenvalue weighted by atomic mass is 35.5. The van der Waals surface area contributed by atoms with Crippen LogP contribution in [0.3, 0.4) is 0 Å². The Balaban J connectivity index is 1.55. The fourth-order valence-corrected chi connectivity index (χ4v) is 3.33. The van der Waals surface area contributed by atoms with Gasteiger partial charge in [0, 0.05) is 11.4 Å². The van der Waals surface area contributed by atoms with Gasteiger partial charge in [0.1, 0.15) is 0 Å². The molecule has 0 spiro atoms. The lowest BCUT2D eigenvalue weighted by atomic mass is 9.99. The van der Waals surface area contributed by atoms with E-state index in [9.17, 15) is 9.59 Å². The summed E-state index contributed by atoms with van der Waals surface area (Å²) in [5.74, 6) is -0.570. The fraction of sp³-hybridized carbons (Fsp3) is 0.222. The van der Waals surface area contributed by atoms with Crippen molar-refractivity contribution >= 4 is 23.4 Å². The molecule has 4 nitrogen and oxygen atoms in total. The van der Waals surface area contributed by atoms with Crippen LogP contribution < -0.4 is 0 Å². The molecule has 2 amide bonds. The Morgan fingerprint density at radius 3 is 2.61 bits per heavy atom. The Morgan fingerprint density at radius 2 is 1.78 bits per heavy atom. The van der Waals surface area contributed by atoms with Crippen LogP contribution in [0.4, 0.5) is 0 Å². The van der Waals surface area contributed by atoms with E-state index in [1.165, 1.54) is 10.5 Å². The summed E-state index contributed by atoms with van der Waals surface area (Å²) in [5.41, 5.74) is 3.16. The molecule has 0 aromatic heterocycles. The first-order valence-corrected chi connectivity index (χ1v) is 7.85. The van der Waals surface area contributed by atoms with Gasteiger partial charge >= 0.3 is 0 Å². The molecular weight excluding hydrogens is 314 g/mol. The number of ether oxygens (including phenoxy) is 1. The lowest BCUT2D eigenvalue weighted by molar-refractivity contribution is 0.00811. The Bertz CT molecular complexity index is 818. The average molecular weight is 328 g/mol. The monoisotopic (exact) mass is 327 g/mol. The molecule has 0 aliphatic carbocycles. The smallest absolute Gasteiger partial charge is 0.261 e. The molecule has 0 saturated carbocycles. The maximum absolute atomic E-state index is 12.5. The van der Waals surface area contributed by atoms with E-state index in [1.54, 1.807) is 18.2 Å². The number of benzene rings is 2.